The summed E-state index contributed by atoms with van der Waals surface area (Å²) in [5.74, 6) is 6.64. The van der Waals surface area contributed by atoms with Crippen LogP contribution in [0.1, 0.15) is 39.5 Å². The lowest BCUT2D eigenvalue weighted by Gasteiger charge is -2.30. The van der Waals surface area contributed by atoms with Crippen molar-refractivity contribution in [3.8, 4) is 11.8 Å². The van der Waals surface area contributed by atoms with E-state index < -0.39 is 5.60 Å². The molecule has 0 atom stereocenters. The summed E-state index contributed by atoms with van der Waals surface area (Å²) in [6, 6.07) is 0. The Balaban J connectivity index is 2.40. The van der Waals surface area contributed by atoms with E-state index in [1.165, 1.54) is 0 Å². The first-order chi connectivity index (χ1) is 5.14. The van der Waals surface area contributed by atoms with Crippen molar-refractivity contribution >= 4 is 0 Å². The summed E-state index contributed by atoms with van der Waals surface area (Å²) in [6.45, 7) is 3.80. The fourth-order valence-electron chi connectivity index (χ4n) is 1.59. The summed E-state index contributed by atoms with van der Waals surface area (Å²) in [7, 11) is 0. The SMILES string of the molecule is CC#CC1CCC(C)(O)CC1. The van der Waals surface area contributed by atoms with Crippen LogP contribution in [0.5, 0.6) is 0 Å². The van der Waals surface area contributed by atoms with E-state index >= 15 is 0 Å². The number of aliphatic hydroxyl groups is 1. The minimum Gasteiger partial charge on any atom is -0.390 e. The van der Waals surface area contributed by atoms with E-state index in [9.17, 15) is 5.11 Å². The zero-order valence-corrected chi connectivity index (χ0v) is 7.35. The van der Waals surface area contributed by atoms with Crippen LogP contribution in [0.15, 0.2) is 0 Å². The lowest BCUT2D eigenvalue weighted by Crippen LogP contribution is -2.29. The molecule has 11 heavy (non-hydrogen) atoms. The van der Waals surface area contributed by atoms with Crippen LogP contribution >= 0.6 is 0 Å². The normalized spacial score (nSPS) is 37.5. The smallest absolute Gasteiger partial charge is 0.0620 e. The Morgan fingerprint density at radius 1 is 1.36 bits per heavy atom. The molecule has 0 amide bonds. The summed E-state index contributed by atoms with van der Waals surface area (Å²) >= 11 is 0. The van der Waals surface area contributed by atoms with E-state index in [0.29, 0.717) is 5.92 Å². The first kappa shape index (κ1) is 8.62. The molecule has 0 bridgehead atoms. The summed E-state index contributed by atoms with van der Waals surface area (Å²) in [5, 5.41) is 9.61. The van der Waals surface area contributed by atoms with Gasteiger partial charge in [-0.15, -0.1) is 11.8 Å². The molecule has 1 saturated carbocycles. The van der Waals surface area contributed by atoms with E-state index in [1.807, 2.05) is 13.8 Å². The predicted molar refractivity (Wildman–Crippen MR) is 46.0 cm³/mol. The summed E-state index contributed by atoms with van der Waals surface area (Å²) in [5.41, 5.74) is -0.411. The molecule has 1 aliphatic carbocycles. The maximum atomic E-state index is 9.61. The van der Waals surface area contributed by atoms with Gasteiger partial charge in [0.25, 0.3) is 0 Å². The Kier molecular flexibility index (Phi) is 2.57. The van der Waals surface area contributed by atoms with E-state index in [0.717, 1.165) is 25.7 Å². The van der Waals surface area contributed by atoms with Crippen LogP contribution in [-0.2, 0) is 0 Å². The van der Waals surface area contributed by atoms with Crippen molar-refractivity contribution in [2.45, 2.75) is 45.1 Å². The maximum Gasteiger partial charge on any atom is 0.0620 e. The van der Waals surface area contributed by atoms with Gasteiger partial charge in [-0.05, 0) is 39.5 Å². The van der Waals surface area contributed by atoms with Gasteiger partial charge in [0.05, 0.1) is 5.60 Å². The van der Waals surface area contributed by atoms with Crippen molar-refractivity contribution < 1.29 is 5.11 Å². The van der Waals surface area contributed by atoms with Gasteiger partial charge in [0.15, 0.2) is 0 Å². The third-order valence-electron chi connectivity index (χ3n) is 2.41. The lowest BCUT2D eigenvalue weighted by molar-refractivity contribution is 0.0148. The Morgan fingerprint density at radius 3 is 2.36 bits per heavy atom. The molecule has 0 unspecified atom stereocenters. The topological polar surface area (TPSA) is 20.2 Å². The third kappa shape index (κ3) is 2.55. The van der Waals surface area contributed by atoms with Crippen molar-refractivity contribution in [1.82, 2.24) is 0 Å². The van der Waals surface area contributed by atoms with Crippen molar-refractivity contribution in [3.63, 3.8) is 0 Å². The quantitative estimate of drug-likeness (QED) is 0.526. The average molecular weight is 152 g/mol. The molecule has 1 fully saturated rings. The van der Waals surface area contributed by atoms with Crippen LogP contribution in [-0.4, -0.2) is 10.7 Å². The molecular formula is C10H16O. The highest BCUT2D eigenvalue weighted by Crippen LogP contribution is 2.30. The fourth-order valence-corrected chi connectivity index (χ4v) is 1.59. The highest BCUT2D eigenvalue weighted by molar-refractivity contribution is 5.03. The first-order valence-corrected chi connectivity index (χ1v) is 4.29. The van der Waals surface area contributed by atoms with Crippen molar-refractivity contribution in [3.05, 3.63) is 0 Å². The molecule has 0 aromatic carbocycles. The molecule has 1 heteroatoms. The van der Waals surface area contributed by atoms with Crippen molar-refractivity contribution in [2.24, 2.45) is 5.92 Å². The Hall–Kier alpha value is -0.480. The van der Waals surface area contributed by atoms with Gasteiger partial charge in [0.1, 0.15) is 0 Å². The molecular weight excluding hydrogens is 136 g/mol. The average Bonchev–Trinajstić information content (AvgIpc) is 1.94. The van der Waals surface area contributed by atoms with E-state index in [1.54, 1.807) is 0 Å². The zero-order valence-electron chi connectivity index (χ0n) is 7.35. The van der Waals surface area contributed by atoms with Crippen LogP contribution in [0, 0.1) is 17.8 Å². The minimum atomic E-state index is -0.411. The Bertz CT molecular complexity index is 173. The molecule has 1 aliphatic rings. The van der Waals surface area contributed by atoms with Crippen LogP contribution in [0.3, 0.4) is 0 Å². The molecule has 0 radical (unpaired) electrons. The van der Waals surface area contributed by atoms with E-state index in [-0.39, 0.29) is 0 Å². The molecule has 1 rings (SSSR count). The molecule has 0 heterocycles. The van der Waals surface area contributed by atoms with Gasteiger partial charge in [-0.25, -0.2) is 0 Å². The summed E-state index contributed by atoms with van der Waals surface area (Å²) in [4.78, 5) is 0. The fraction of sp³-hybridized carbons (Fsp3) is 0.800. The third-order valence-corrected chi connectivity index (χ3v) is 2.41. The van der Waals surface area contributed by atoms with E-state index in [2.05, 4.69) is 11.8 Å². The van der Waals surface area contributed by atoms with Crippen LogP contribution in [0.25, 0.3) is 0 Å². The maximum absolute atomic E-state index is 9.61. The second-order valence-electron chi connectivity index (χ2n) is 3.67. The van der Waals surface area contributed by atoms with Crippen molar-refractivity contribution in [1.29, 1.82) is 0 Å². The largest absolute Gasteiger partial charge is 0.390 e. The predicted octanol–water partition coefficient (Wildman–Crippen LogP) is 1.95. The molecule has 0 spiro atoms. The molecule has 62 valence electrons. The van der Waals surface area contributed by atoms with Crippen LogP contribution in [0.4, 0.5) is 0 Å². The summed E-state index contributed by atoms with van der Waals surface area (Å²) < 4.78 is 0. The van der Waals surface area contributed by atoms with Gasteiger partial charge < -0.3 is 5.11 Å². The molecule has 0 aromatic heterocycles. The van der Waals surface area contributed by atoms with Crippen LogP contribution < -0.4 is 0 Å². The molecule has 0 saturated heterocycles. The second kappa shape index (κ2) is 3.28. The number of hydrogen-bond donors (Lipinski definition) is 1. The first-order valence-electron chi connectivity index (χ1n) is 4.29. The Labute approximate surface area is 68.8 Å². The minimum absolute atomic E-state index is 0.411. The van der Waals surface area contributed by atoms with Gasteiger partial charge >= 0.3 is 0 Å². The van der Waals surface area contributed by atoms with Gasteiger partial charge in [0, 0.05) is 5.92 Å². The number of hydrogen-bond acceptors (Lipinski definition) is 1. The Morgan fingerprint density at radius 2 is 1.91 bits per heavy atom. The van der Waals surface area contributed by atoms with Gasteiger partial charge in [0.2, 0.25) is 0 Å². The molecule has 1 nitrogen and oxygen atoms in total. The van der Waals surface area contributed by atoms with Gasteiger partial charge in [-0.2, -0.15) is 0 Å². The van der Waals surface area contributed by atoms with Crippen LogP contribution in [0.2, 0.25) is 0 Å². The second-order valence-corrected chi connectivity index (χ2v) is 3.67. The lowest BCUT2D eigenvalue weighted by atomic mass is 9.80. The molecule has 1 N–H and O–H groups in total. The van der Waals surface area contributed by atoms with Crippen molar-refractivity contribution in [2.75, 3.05) is 0 Å². The molecule has 0 aliphatic heterocycles. The standard InChI is InChI=1S/C10H16O/c1-3-4-9-5-7-10(2,11)8-6-9/h9,11H,5-8H2,1-2H3. The molecule has 0 aromatic rings. The van der Waals surface area contributed by atoms with Gasteiger partial charge in [-0.3, -0.25) is 0 Å². The number of rotatable bonds is 0. The van der Waals surface area contributed by atoms with Gasteiger partial charge in [-0.1, -0.05) is 0 Å². The zero-order chi connectivity index (χ0) is 8.32. The monoisotopic (exact) mass is 152 g/mol. The van der Waals surface area contributed by atoms with E-state index in [4.69, 9.17) is 0 Å². The summed E-state index contributed by atoms with van der Waals surface area (Å²) in [6.07, 6.45) is 3.94. The highest BCUT2D eigenvalue weighted by atomic mass is 16.3. The highest BCUT2D eigenvalue weighted by Gasteiger charge is 2.27.